The third-order valence-electron chi connectivity index (χ3n) is 3.02. The first-order valence-corrected chi connectivity index (χ1v) is 7.84. The zero-order chi connectivity index (χ0) is 14.6. The Kier molecular flexibility index (Phi) is 6.34. The molecule has 1 saturated heterocycles. The van der Waals surface area contributed by atoms with Crippen LogP contribution in [-0.2, 0) is 14.3 Å². The minimum absolute atomic E-state index is 0.00855. The molecule has 3 nitrogen and oxygen atoms in total. The van der Waals surface area contributed by atoms with Crippen LogP contribution in [0.1, 0.15) is 33.6 Å². The maximum atomic E-state index is 11.6. The van der Waals surface area contributed by atoms with Gasteiger partial charge in [-0.3, -0.25) is 4.79 Å². The highest BCUT2D eigenvalue weighted by Crippen LogP contribution is 2.31. The molecule has 110 valence electrons. The molecule has 0 unspecified atom stereocenters. The molecule has 1 fully saturated rings. The number of ether oxygens (including phenoxy) is 2. The van der Waals surface area contributed by atoms with Gasteiger partial charge in [0.1, 0.15) is 0 Å². The van der Waals surface area contributed by atoms with Gasteiger partial charge in [-0.25, -0.2) is 0 Å². The Morgan fingerprint density at radius 3 is 2.74 bits per heavy atom. The normalized spacial score (nSPS) is 31.8. The third-order valence-corrected chi connectivity index (χ3v) is 4.41. The van der Waals surface area contributed by atoms with Crippen molar-refractivity contribution in [3.8, 4) is 0 Å². The summed E-state index contributed by atoms with van der Waals surface area (Å²) < 4.78 is 11.1. The molecule has 1 aliphatic rings. The Morgan fingerprint density at radius 1 is 1.58 bits per heavy atom. The molecule has 0 radical (unpaired) electrons. The molecule has 4 atom stereocenters. The average Bonchev–Trinajstić information content (AvgIpc) is 2.30. The van der Waals surface area contributed by atoms with Gasteiger partial charge in [0.15, 0.2) is 0 Å². The van der Waals surface area contributed by atoms with E-state index in [0.29, 0.717) is 13.0 Å². The molecule has 1 heterocycles. The fourth-order valence-corrected chi connectivity index (χ4v) is 3.17. The number of alkyl halides is 2. The molecule has 0 saturated carbocycles. The second-order valence-electron chi connectivity index (χ2n) is 5.82. The first-order valence-electron chi connectivity index (χ1n) is 6.49. The number of rotatable bonds is 4. The molecule has 1 rings (SSSR count). The van der Waals surface area contributed by atoms with E-state index >= 15 is 0 Å². The molecule has 0 aromatic carbocycles. The highest BCUT2D eigenvalue weighted by atomic mass is 79.9. The van der Waals surface area contributed by atoms with Gasteiger partial charge < -0.3 is 9.47 Å². The predicted molar refractivity (Wildman–Crippen MR) is 80.9 cm³/mol. The number of hydrogen-bond donors (Lipinski definition) is 0. The van der Waals surface area contributed by atoms with Crippen LogP contribution in [-0.4, -0.2) is 35.0 Å². The summed E-state index contributed by atoms with van der Waals surface area (Å²) in [6.45, 7) is 9.60. The average molecular weight is 354 g/mol. The molecule has 1 aliphatic heterocycles. The molecule has 0 aromatic heterocycles. The van der Waals surface area contributed by atoms with E-state index < -0.39 is 5.41 Å². The molecule has 0 amide bonds. The van der Waals surface area contributed by atoms with Gasteiger partial charge >= 0.3 is 5.97 Å². The Balaban J connectivity index is 2.40. The van der Waals surface area contributed by atoms with Crippen molar-refractivity contribution in [1.29, 1.82) is 0 Å². The van der Waals surface area contributed by atoms with Crippen molar-refractivity contribution < 1.29 is 14.3 Å². The van der Waals surface area contributed by atoms with Crippen LogP contribution in [0.25, 0.3) is 0 Å². The fraction of sp³-hybridized carbons (Fsp3) is 0.786. The Bertz CT molecular complexity index is 327. The number of halogens is 2. The van der Waals surface area contributed by atoms with Gasteiger partial charge in [-0.05, 0) is 27.2 Å². The lowest BCUT2D eigenvalue weighted by Crippen LogP contribution is -2.42. The summed E-state index contributed by atoms with van der Waals surface area (Å²) in [6.07, 6.45) is 3.05. The second-order valence-corrected chi connectivity index (χ2v) is 7.55. The van der Waals surface area contributed by atoms with Crippen LogP contribution in [0.4, 0.5) is 0 Å². The zero-order valence-corrected chi connectivity index (χ0v) is 14.0. The van der Waals surface area contributed by atoms with Crippen molar-refractivity contribution in [2.24, 2.45) is 5.41 Å². The first-order chi connectivity index (χ1) is 8.75. The second kappa shape index (κ2) is 7.09. The largest absolute Gasteiger partial charge is 0.465 e. The number of carbonyl (C=O) groups excluding carboxylic acids is 1. The monoisotopic (exact) mass is 352 g/mol. The van der Waals surface area contributed by atoms with E-state index in [2.05, 4.69) is 22.5 Å². The van der Waals surface area contributed by atoms with Gasteiger partial charge in [0, 0.05) is 11.2 Å². The maximum Gasteiger partial charge on any atom is 0.311 e. The van der Waals surface area contributed by atoms with E-state index in [1.807, 2.05) is 20.8 Å². The molecule has 0 aromatic rings. The van der Waals surface area contributed by atoms with Crippen molar-refractivity contribution in [3.05, 3.63) is 12.7 Å². The number of hydrogen-bond acceptors (Lipinski definition) is 3. The van der Waals surface area contributed by atoms with Gasteiger partial charge in [0.25, 0.3) is 0 Å². The number of carbonyl (C=O) groups is 1. The minimum Gasteiger partial charge on any atom is -0.465 e. The smallest absolute Gasteiger partial charge is 0.311 e. The van der Waals surface area contributed by atoms with E-state index in [4.69, 9.17) is 21.1 Å². The minimum atomic E-state index is -0.466. The van der Waals surface area contributed by atoms with Crippen molar-refractivity contribution in [2.75, 3.05) is 6.61 Å². The van der Waals surface area contributed by atoms with Gasteiger partial charge in [0.05, 0.1) is 29.6 Å². The van der Waals surface area contributed by atoms with Crippen LogP contribution >= 0.6 is 27.5 Å². The molecule has 0 bridgehead atoms. The van der Waals surface area contributed by atoms with Crippen LogP contribution in [0.5, 0.6) is 0 Å². The summed E-state index contributed by atoms with van der Waals surface area (Å²) in [7, 11) is 0. The molecule has 0 aliphatic carbocycles. The number of esters is 1. The van der Waals surface area contributed by atoms with Crippen molar-refractivity contribution in [3.63, 3.8) is 0 Å². The lowest BCUT2D eigenvalue weighted by molar-refractivity contribution is -0.154. The SMILES string of the molecule is C=C[C@@H]1O[C@H](CCOC(=O)C(C)(C)C)[C@H](Br)C[C@@H]1Cl. The van der Waals surface area contributed by atoms with Gasteiger partial charge in [-0.1, -0.05) is 22.0 Å². The van der Waals surface area contributed by atoms with Crippen LogP contribution in [0.15, 0.2) is 12.7 Å². The quantitative estimate of drug-likeness (QED) is 0.439. The summed E-state index contributed by atoms with van der Waals surface area (Å²) in [5, 5.41) is -0.0600. The predicted octanol–water partition coefficient (Wildman–Crippen LogP) is 3.68. The molecular formula is C14H22BrClO3. The van der Waals surface area contributed by atoms with Gasteiger partial charge in [0.2, 0.25) is 0 Å². The molecular weight excluding hydrogens is 332 g/mol. The first kappa shape index (κ1) is 17.0. The van der Waals surface area contributed by atoms with E-state index in [1.165, 1.54) is 0 Å². The van der Waals surface area contributed by atoms with E-state index in [1.54, 1.807) is 6.08 Å². The summed E-state index contributed by atoms with van der Waals surface area (Å²) in [5.74, 6) is -0.190. The fourth-order valence-electron chi connectivity index (χ4n) is 1.81. The molecule has 0 spiro atoms. The van der Waals surface area contributed by atoms with Crippen LogP contribution < -0.4 is 0 Å². The molecule has 5 heteroatoms. The molecule has 19 heavy (non-hydrogen) atoms. The van der Waals surface area contributed by atoms with Crippen molar-refractivity contribution in [1.82, 2.24) is 0 Å². The van der Waals surface area contributed by atoms with Gasteiger partial charge in [-0.15, -0.1) is 18.2 Å². The summed E-state index contributed by atoms with van der Waals surface area (Å²) in [4.78, 5) is 11.8. The lowest BCUT2D eigenvalue weighted by Gasteiger charge is -2.35. The van der Waals surface area contributed by atoms with Crippen molar-refractivity contribution >= 4 is 33.5 Å². The van der Waals surface area contributed by atoms with Crippen LogP contribution in [0, 0.1) is 5.41 Å². The summed E-state index contributed by atoms with van der Waals surface area (Å²) in [5.41, 5.74) is -0.466. The Labute approximate surface area is 128 Å². The van der Waals surface area contributed by atoms with E-state index in [0.717, 1.165) is 6.42 Å². The van der Waals surface area contributed by atoms with E-state index in [9.17, 15) is 4.79 Å². The summed E-state index contributed by atoms with van der Waals surface area (Å²) >= 11 is 9.75. The topological polar surface area (TPSA) is 35.5 Å². The van der Waals surface area contributed by atoms with Crippen molar-refractivity contribution in [2.45, 2.75) is 56.0 Å². The third kappa shape index (κ3) is 5.09. The Morgan fingerprint density at radius 2 is 2.21 bits per heavy atom. The highest BCUT2D eigenvalue weighted by Gasteiger charge is 2.34. The van der Waals surface area contributed by atoms with Crippen LogP contribution in [0.2, 0.25) is 0 Å². The lowest BCUT2D eigenvalue weighted by atomic mass is 9.97. The standard InChI is InChI=1S/C14H22BrClO3/c1-5-11-10(16)8-9(15)12(19-11)6-7-18-13(17)14(2,3)4/h5,9-12H,1,6-8H2,2-4H3/t9-,10+,11+,12-/m1/s1. The van der Waals surface area contributed by atoms with Gasteiger partial charge in [-0.2, -0.15) is 0 Å². The molecule has 0 N–H and O–H groups in total. The highest BCUT2D eigenvalue weighted by molar-refractivity contribution is 9.09. The van der Waals surface area contributed by atoms with E-state index in [-0.39, 0.29) is 28.4 Å². The summed E-state index contributed by atoms with van der Waals surface area (Å²) in [6, 6.07) is 0. The zero-order valence-electron chi connectivity index (χ0n) is 11.7. The van der Waals surface area contributed by atoms with Crippen LogP contribution in [0.3, 0.4) is 0 Å². The Hall–Kier alpha value is -0.0600. The maximum absolute atomic E-state index is 11.6.